The van der Waals surface area contributed by atoms with Crippen molar-refractivity contribution in [2.24, 2.45) is 0 Å². The summed E-state index contributed by atoms with van der Waals surface area (Å²) in [5, 5.41) is 11.0. The van der Waals surface area contributed by atoms with E-state index < -0.39 is 11.9 Å². The van der Waals surface area contributed by atoms with Crippen LogP contribution in [0.1, 0.15) is 58.9 Å². The molecule has 0 aliphatic carbocycles. The summed E-state index contributed by atoms with van der Waals surface area (Å²) < 4.78 is 5.08. The van der Waals surface area contributed by atoms with Crippen molar-refractivity contribution in [3.8, 4) is 6.07 Å². The smallest absolute Gasteiger partial charge is 0.338 e. The van der Waals surface area contributed by atoms with Crippen molar-refractivity contribution in [2.75, 3.05) is 11.9 Å². The molecule has 2 rings (SSSR count). The molecule has 0 radical (unpaired) electrons. The molecule has 0 saturated carbocycles. The molecule has 0 spiro atoms. The maximum atomic E-state index is 12.2. The first kappa shape index (κ1) is 20.8. The number of hydrogen-bond acceptors (Lipinski definition) is 5. The molecule has 6 heteroatoms. The summed E-state index contributed by atoms with van der Waals surface area (Å²) in [4.78, 5) is 35.7. The second kappa shape index (κ2) is 10.0. The molecule has 0 unspecified atom stereocenters. The van der Waals surface area contributed by atoms with E-state index in [4.69, 9.17) is 10.00 Å². The largest absolute Gasteiger partial charge is 0.454 e. The van der Waals surface area contributed by atoms with Gasteiger partial charge in [0.05, 0.1) is 11.6 Å². The zero-order valence-electron chi connectivity index (χ0n) is 15.9. The van der Waals surface area contributed by atoms with Gasteiger partial charge in [0.2, 0.25) is 5.91 Å². The van der Waals surface area contributed by atoms with Crippen molar-refractivity contribution < 1.29 is 19.1 Å². The molecule has 2 aromatic carbocycles. The van der Waals surface area contributed by atoms with Gasteiger partial charge in [-0.2, -0.15) is 5.26 Å². The van der Waals surface area contributed by atoms with E-state index in [0.29, 0.717) is 17.2 Å². The average Bonchev–Trinajstić information content (AvgIpc) is 2.72. The minimum absolute atomic E-state index is 0.246. The highest BCUT2D eigenvalue weighted by atomic mass is 16.5. The first-order chi connectivity index (χ1) is 13.4. The molecule has 144 valence electrons. The molecule has 1 atom stereocenters. The number of carbonyl (C=O) groups excluding carboxylic acids is 3. The van der Waals surface area contributed by atoms with E-state index in [1.165, 1.54) is 24.3 Å². The van der Waals surface area contributed by atoms with Gasteiger partial charge in [0.25, 0.3) is 0 Å². The van der Waals surface area contributed by atoms with Crippen LogP contribution in [0.25, 0.3) is 0 Å². The zero-order chi connectivity index (χ0) is 20.5. The second-order valence-electron chi connectivity index (χ2n) is 6.39. The summed E-state index contributed by atoms with van der Waals surface area (Å²) in [7, 11) is 0. The fourth-order valence-corrected chi connectivity index (χ4v) is 2.50. The molecule has 28 heavy (non-hydrogen) atoms. The van der Waals surface area contributed by atoms with Gasteiger partial charge in [-0.1, -0.05) is 38.1 Å². The van der Waals surface area contributed by atoms with E-state index in [1.807, 2.05) is 12.1 Å². The standard InChI is InChI=1S/C22H22N2O4/c1-3-15(2)16-4-6-17(7-5-16)20(25)14-28-22(27)18-8-10-19(11-9-18)24-21(26)12-13-23/h4-11,15H,3,12,14H2,1-2H3,(H,24,26)/t15-/m0/s1. The number of amides is 1. The number of hydrogen-bond donors (Lipinski definition) is 1. The number of benzene rings is 2. The van der Waals surface area contributed by atoms with Crippen LogP contribution in [0.5, 0.6) is 0 Å². The maximum Gasteiger partial charge on any atom is 0.338 e. The van der Waals surface area contributed by atoms with Gasteiger partial charge in [0, 0.05) is 11.3 Å². The molecule has 2 aromatic rings. The van der Waals surface area contributed by atoms with Crippen molar-refractivity contribution in [1.29, 1.82) is 5.26 Å². The predicted molar refractivity (Wildman–Crippen MR) is 105 cm³/mol. The Morgan fingerprint density at radius 1 is 1.04 bits per heavy atom. The average molecular weight is 378 g/mol. The lowest BCUT2D eigenvalue weighted by Gasteiger charge is -2.10. The van der Waals surface area contributed by atoms with Gasteiger partial charge < -0.3 is 10.1 Å². The number of anilines is 1. The number of Topliss-reactive ketones (excluding diaryl/α,β-unsaturated/α-hetero) is 1. The highest BCUT2D eigenvalue weighted by Gasteiger charge is 2.13. The quantitative estimate of drug-likeness (QED) is 0.551. The number of carbonyl (C=O) groups is 3. The van der Waals surface area contributed by atoms with Crippen LogP contribution in [0.3, 0.4) is 0 Å². The Morgan fingerprint density at radius 3 is 2.21 bits per heavy atom. The van der Waals surface area contributed by atoms with Crippen LogP contribution in [0.15, 0.2) is 48.5 Å². The number of ketones is 1. The Hall–Kier alpha value is -3.46. The van der Waals surface area contributed by atoms with E-state index in [2.05, 4.69) is 19.2 Å². The Balaban J connectivity index is 1.90. The normalized spacial score (nSPS) is 11.2. The summed E-state index contributed by atoms with van der Waals surface area (Å²) in [6.45, 7) is 3.89. The summed E-state index contributed by atoms with van der Waals surface area (Å²) >= 11 is 0. The highest BCUT2D eigenvalue weighted by molar-refractivity contribution is 5.99. The molecule has 0 heterocycles. The third-order valence-corrected chi connectivity index (χ3v) is 4.39. The number of nitrogens with zero attached hydrogens (tertiary/aromatic N) is 1. The summed E-state index contributed by atoms with van der Waals surface area (Å²) in [5.41, 5.74) is 2.39. The molecular formula is C22H22N2O4. The van der Waals surface area contributed by atoms with Crippen molar-refractivity contribution in [3.05, 3.63) is 65.2 Å². The van der Waals surface area contributed by atoms with E-state index >= 15 is 0 Å². The molecule has 0 saturated heterocycles. The van der Waals surface area contributed by atoms with Crippen molar-refractivity contribution >= 4 is 23.3 Å². The number of nitriles is 1. The first-order valence-electron chi connectivity index (χ1n) is 9.01. The Morgan fingerprint density at radius 2 is 1.64 bits per heavy atom. The molecule has 1 amide bonds. The third kappa shape index (κ3) is 5.78. The van der Waals surface area contributed by atoms with Crippen LogP contribution < -0.4 is 5.32 Å². The molecule has 0 fully saturated rings. The predicted octanol–water partition coefficient (Wildman–Crippen LogP) is 4.09. The second-order valence-corrected chi connectivity index (χ2v) is 6.39. The summed E-state index contributed by atoms with van der Waals surface area (Å²) in [5.74, 6) is -0.902. The van der Waals surface area contributed by atoms with Gasteiger partial charge in [-0.15, -0.1) is 0 Å². The van der Waals surface area contributed by atoms with Gasteiger partial charge in [-0.25, -0.2) is 4.79 Å². The summed E-state index contributed by atoms with van der Waals surface area (Å²) in [6, 6.07) is 15.1. The van der Waals surface area contributed by atoms with Crippen molar-refractivity contribution in [1.82, 2.24) is 0 Å². The van der Waals surface area contributed by atoms with Crippen molar-refractivity contribution in [3.63, 3.8) is 0 Å². The van der Waals surface area contributed by atoms with Gasteiger partial charge in [0.1, 0.15) is 6.42 Å². The van der Waals surface area contributed by atoms with Crippen LogP contribution >= 0.6 is 0 Å². The number of rotatable bonds is 8. The SMILES string of the molecule is CC[C@H](C)c1ccc(C(=O)COC(=O)c2ccc(NC(=O)CC#N)cc2)cc1. The van der Waals surface area contributed by atoms with E-state index in [9.17, 15) is 14.4 Å². The lowest BCUT2D eigenvalue weighted by atomic mass is 9.97. The molecule has 0 aromatic heterocycles. The Bertz CT molecular complexity index is 880. The highest BCUT2D eigenvalue weighted by Crippen LogP contribution is 2.19. The minimum Gasteiger partial charge on any atom is -0.454 e. The third-order valence-electron chi connectivity index (χ3n) is 4.39. The topological polar surface area (TPSA) is 96.3 Å². The molecular weight excluding hydrogens is 356 g/mol. The lowest BCUT2D eigenvalue weighted by molar-refractivity contribution is -0.115. The van der Waals surface area contributed by atoms with Crippen LogP contribution in [-0.2, 0) is 9.53 Å². The molecule has 6 nitrogen and oxygen atoms in total. The fourth-order valence-electron chi connectivity index (χ4n) is 2.50. The van der Waals surface area contributed by atoms with E-state index in [0.717, 1.165) is 12.0 Å². The summed E-state index contributed by atoms with van der Waals surface area (Å²) in [6.07, 6.45) is 0.774. The molecule has 1 N–H and O–H groups in total. The molecule has 0 aliphatic rings. The van der Waals surface area contributed by atoms with Crippen LogP contribution in [0, 0.1) is 11.3 Å². The first-order valence-corrected chi connectivity index (χ1v) is 9.01. The van der Waals surface area contributed by atoms with Gasteiger partial charge in [0.15, 0.2) is 12.4 Å². The maximum absolute atomic E-state index is 12.2. The Labute approximate surface area is 164 Å². The monoisotopic (exact) mass is 378 g/mol. The van der Waals surface area contributed by atoms with Crippen molar-refractivity contribution in [2.45, 2.75) is 32.6 Å². The van der Waals surface area contributed by atoms with Crippen LogP contribution in [0.2, 0.25) is 0 Å². The fraction of sp³-hybridized carbons (Fsp3) is 0.273. The zero-order valence-corrected chi connectivity index (χ0v) is 15.9. The van der Waals surface area contributed by atoms with Gasteiger partial charge in [-0.05, 0) is 42.2 Å². The molecule has 0 aliphatic heterocycles. The lowest BCUT2D eigenvalue weighted by Crippen LogP contribution is -2.14. The van der Waals surface area contributed by atoms with Crippen LogP contribution in [-0.4, -0.2) is 24.3 Å². The minimum atomic E-state index is -0.625. The Kier molecular flexibility index (Phi) is 7.46. The molecule has 0 bridgehead atoms. The number of esters is 1. The van der Waals surface area contributed by atoms with E-state index in [-0.39, 0.29) is 24.4 Å². The number of nitrogens with one attached hydrogen (secondary N) is 1. The number of ether oxygens (including phenoxy) is 1. The van der Waals surface area contributed by atoms with E-state index in [1.54, 1.807) is 18.2 Å². The van der Waals surface area contributed by atoms with Gasteiger partial charge >= 0.3 is 5.97 Å². The van der Waals surface area contributed by atoms with Crippen LogP contribution in [0.4, 0.5) is 5.69 Å². The van der Waals surface area contributed by atoms with Gasteiger partial charge in [-0.3, -0.25) is 9.59 Å².